The van der Waals surface area contributed by atoms with Crippen LogP contribution in [0.4, 0.5) is 0 Å². The number of rotatable bonds is 6. The van der Waals surface area contributed by atoms with Crippen LogP contribution >= 0.6 is 0 Å². The van der Waals surface area contributed by atoms with Crippen LogP contribution in [-0.4, -0.2) is 0 Å². The maximum Gasteiger partial charge on any atom is -0.0140 e. The Morgan fingerprint density at radius 2 is 1.56 bits per heavy atom. The van der Waals surface area contributed by atoms with Crippen LogP contribution in [0.3, 0.4) is 0 Å². The third-order valence-corrected chi connectivity index (χ3v) is 11.4. The molecule has 0 aliphatic heterocycles. The fourth-order valence-corrected chi connectivity index (χ4v) is 8.01. The van der Waals surface area contributed by atoms with Crippen molar-refractivity contribution in [2.75, 3.05) is 0 Å². The first kappa shape index (κ1) is 31.4. The summed E-state index contributed by atoms with van der Waals surface area (Å²) in [6.45, 7) is 28.1. The molecule has 2 unspecified atom stereocenters. The van der Waals surface area contributed by atoms with Crippen molar-refractivity contribution in [3.8, 4) is 0 Å². The minimum Gasteiger partial charge on any atom is -0.0993 e. The molecule has 0 aromatic carbocycles. The van der Waals surface area contributed by atoms with E-state index >= 15 is 0 Å². The standard InChI is InChI=1S/C29H48.C5H10.C2H6/c1-9-10-16-27(5,6)29(8)18-15-26-25(12-11-17-28(26,29)7)14-13-24-19-21(2)23(4)22(3)20-24;1-2-5-3-4-5;1-2/h13-14,21-22,26H,4,9-12,15-20H2,1-3,5-8H3;5H,2-4H2,1H3;1-2H3/b24-13?,25-14+;;/t21-,22?,26+,28?,29-;;/m1../s1. The van der Waals surface area contributed by atoms with Gasteiger partial charge in [0.2, 0.25) is 0 Å². The molecule has 4 saturated carbocycles. The smallest absolute Gasteiger partial charge is 0.0140 e. The van der Waals surface area contributed by atoms with E-state index in [1.165, 1.54) is 89.0 Å². The van der Waals surface area contributed by atoms with E-state index in [0.717, 1.165) is 11.8 Å². The lowest BCUT2D eigenvalue weighted by Crippen LogP contribution is -2.48. The minimum absolute atomic E-state index is 0.433. The highest BCUT2D eigenvalue weighted by Crippen LogP contribution is 2.69. The zero-order chi connectivity index (χ0) is 27.1. The van der Waals surface area contributed by atoms with Gasteiger partial charge in [-0.3, -0.25) is 0 Å². The number of fused-ring (bicyclic) bond motifs is 1. The van der Waals surface area contributed by atoms with Crippen LogP contribution in [0.2, 0.25) is 0 Å². The maximum atomic E-state index is 4.33. The molecule has 0 bridgehead atoms. The van der Waals surface area contributed by atoms with E-state index in [1.54, 1.807) is 11.1 Å². The van der Waals surface area contributed by atoms with Crippen molar-refractivity contribution in [2.45, 2.75) is 153 Å². The molecule has 4 fully saturated rings. The third kappa shape index (κ3) is 6.80. The number of unbranched alkanes of at least 4 members (excludes halogenated alkanes) is 1. The first-order valence-corrected chi connectivity index (χ1v) is 16.1. The van der Waals surface area contributed by atoms with Gasteiger partial charge in [0.25, 0.3) is 0 Å². The van der Waals surface area contributed by atoms with E-state index in [0.29, 0.717) is 28.1 Å². The van der Waals surface area contributed by atoms with Gasteiger partial charge in [0.1, 0.15) is 0 Å². The Hall–Kier alpha value is -0.780. The van der Waals surface area contributed by atoms with E-state index in [1.807, 2.05) is 13.8 Å². The molecule has 5 atom stereocenters. The summed E-state index contributed by atoms with van der Waals surface area (Å²) in [5.41, 5.74) is 6.24. The molecule has 208 valence electrons. The molecule has 4 rings (SSSR count). The SMILES string of the molecule is C=C1C(C)CC(=C/C=C2\CCCC3(C)[C@H]2CC[C@]3(C)C(C)(C)CCCC)C[C@H]1C.CC.CCC1CC1. The van der Waals surface area contributed by atoms with Crippen molar-refractivity contribution in [3.05, 3.63) is 35.5 Å². The quantitative estimate of drug-likeness (QED) is 0.321. The van der Waals surface area contributed by atoms with Gasteiger partial charge in [-0.2, -0.15) is 0 Å². The van der Waals surface area contributed by atoms with Crippen molar-refractivity contribution in [2.24, 2.45) is 39.9 Å². The summed E-state index contributed by atoms with van der Waals surface area (Å²) in [4.78, 5) is 0. The number of hydrogen-bond donors (Lipinski definition) is 0. The lowest BCUT2D eigenvalue weighted by Gasteiger charge is -2.56. The Bertz CT molecular complexity index is 743. The minimum atomic E-state index is 0.433. The zero-order valence-electron chi connectivity index (χ0n) is 26.4. The van der Waals surface area contributed by atoms with Crippen molar-refractivity contribution >= 4 is 0 Å². The first-order valence-electron chi connectivity index (χ1n) is 16.1. The summed E-state index contributed by atoms with van der Waals surface area (Å²) in [5, 5.41) is 0. The Balaban J connectivity index is 0.000000570. The third-order valence-electron chi connectivity index (χ3n) is 11.4. The summed E-state index contributed by atoms with van der Waals surface area (Å²) in [6.07, 6.45) is 23.0. The molecule has 0 spiro atoms. The van der Waals surface area contributed by atoms with Crippen LogP contribution in [0.1, 0.15) is 153 Å². The lowest BCUT2D eigenvalue weighted by molar-refractivity contribution is -0.0535. The molecular weight excluding hydrogens is 432 g/mol. The average molecular weight is 497 g/mol. The van der Waals surface area contributed by atoms with Gasteiger partial charge in [-0.05, 0) is 91.3 Å². The van der Waals surface area contributed by atoms with Crippen LogP contribution in [0, 0.1) is 39.9 Å². The van der Waals surface area contributed by atoms with Crippen LogP contribution in [-0.2, 0) is 0 Å². The molecular formula is C36H64. The molecule has 0 aromatic heterocycles. The van der Waals surface area contributed by atoms with Crippen LogP contribution in [0.5, 0.6) is 0 Å². The fourth-order valence-electron chi connectivity index (χ4n) is 8.01. The average Bonchev–Trinajstić information content (AvgIpc) is 3.65. The van der Waals surface area contributed by atoms with E-state index in [9.17, 15) is 0 Å². The molecule has 0 aromatic rings. The van der Waals surface area contributed by atoms with E-state index in [2.05, 4.69) is 74.1 Å². The number of allylic oxidation sites excluding steroid dienone is 5. The van der Waals surface area contributed by atoms with Gasteiger partial charge in [0.15, 0.2) is 0 Å². The second kappa shape index (κ2) is 13.3. The van der Waals surface area contributed by atoms with Gasteiger partial charge in [-0.1, -0.05) is 137 Å². The summed E-state index contributed by atoms with van der Waals surface area (Å²) >= 11 is 0. The summed E-state index contributed by atoms with van der Waals surface area (Å²) in [5.74, 6) is 3.23. The molecule has 0 heteroatoms. The molecule has 0 amide bonds. The second-order valence-electron chi connectivity index (χ2n) is 13.9. The van der Waals surface area contributed by atoms with E-state index < -0.39 is 0 Å². The summed E-state index contributed by atoms with van der Waals surface area (Å²) < 4.78 is 0. The Morgan fingerprint density at radius 1 is 0.944 bits per heavy atom. The van der Waals surface area contributed by atoms with Crippen LogP contribution in [0.25, 0.3) is 0 Å². The Morgan fingerprint density at radius 3 is 2.06 bits per heavy atom. The molecule has 4 aliphatic rings. The molecule has 36 heavy (non-hydrogen) atoms. The van der Waals surface area contributed by atoms with Crippen molar-refractivity contribution in [1.29, 1.82) is 0 Å². The van der Waals surface area contributed by atoms with Gasteiger partial charge >= 0.3 is 0 Å². The van der Waals surface area contributed by atoms with Gasteiger partial charge in [-0.15, -0.1) is 0 Å². The predicted molar refractivity (Wildman–Crippen MR) is 163 cm³/mol. The largest absolute Gasteiger partial charge is 0.0993 e. The van der Waals surface area contributed by atoms with Crippen LogP contribution in [0.15, 0.2) is 35.5 Å². The predicted octanol–water partition coefficient (Wildman–Crippen LogP) is 12.1. The van der Waals surface area contributed by atoms with Crippen molar-refractivity contribution in [3.63, 3.8) is 0 Å². The lowest BCUT2D eigenvalue weighted by atomic mass is 9.49. The van der Waals surface area contributed by atoms with E-state index in [4.69, 9.17) is 0 Å². The van der Waals surface area contributed by atoms with Gasteiger partial charge in [-0.25, -0.2) is 0 Å². The molecule has 0 radical (unpaired) electrons. The van der Waals surface area contributed by atoms with Crippen LogP contribution < -0.4 is 0 Å². The van der Waals surface area contributed by atoms with Gasteiger partial charge < -0.3 is 0 Å². The Labute approximate surface area is 227 Å². The first-order chi connectivity index (χ1) is 17.0. The van der Waals surface area contributed by atoms with Gasteiger partial charge in [0, 0.05) is 0 Å². The molecule has 0 heterocycles. The molecule has 0 N–H and O–H groups in total. The van der Waals surface area contributed by atoms with Crippen molar-refractivity contribution < 1.29 is 0 Å². The highest BCUT2D eigenvalue weighted by molar-refractivity contribution is 5.29. The van der Waals surface area contributed by atoms with Gasteiger partial charge in [0.05, 0.1) is 0 Å². The Kier molecular flexibility index (Phi) is 11.6. The summed E-state index contributed by atoms with van der Waals surface area (Å²) in [7, 11) is 0. The highest BCUT2D eigenvalue weighted by atomic mass is 14.6. The topological polar surface area (TPSA) is 0 Å². The number of hydrogen-bond acceptors (Lipinski definition) is 0. The summed E-state index contributed by atoms with van der Waals surface area (Å²) in [6, 6.07) is 0. The highest BCUT2D eigenvalue weighted by Gasteiger charge is 2.61. The van der Waals surface area contributed by atoms with E-state index in [-0.39, 0.29) is 0 Å². The maximum absolute atomic E-state index is 4.33. The molecule has 0 nitrogen and oxygen atoms in total. The monoisotopic (exact) mass is 497 g/mol. The zero-order valence-corrected chi connectivity index (χ0v) is 26.4. The second-order valence-corrected chi connectivity index (χ2v) is 13.9. The molecule has 4 aliphatic carbocycles. The normalized spacial score (nSPS) is 36.6. The van der Waals surface area contributed by atoms with Crippen molar-refractivity contribution in [1.82, 2.24) is 0 Å². The fraction of sp³-hybridized carbons (Fsp3) is 0.833. The molecule has 0 saturated heterocycles.